The van der Waals surface area contributed by atoms with Crippen molar-refractivity contribution in [2.24, 2.45) is 0 Å². The predicted octanol–water partition coefficient (Wildman–Crippen LogP) is 2.58. The Balaban J connectivity index is 2.34. The van der Waals surface area contributed by atoms with Gasteiger partial charge >= 0.3 is 0 Å². The smallest absolute Gasteiger partial charge is 0.257 e. The third-order valence-corrected chi connectivity index (χ3v) is 3.27. The fraction of sp³-hybridized carbons (Fsp3) is 0.562. The van der Waals surface area contributed by atoms with E-state index in [0.717, 1.165) is 24.7 Å². The molecule has 4 nitrogen and oxygen atoms in total. The Kier molecular flexibility index (Phi) is 7.24. The van der Waals surface area contributed by atoms with E-state index in [1.54, 1.807) is 0 Å². The number of benzene rings is 1. The molecule has 0 aliphatic heterocycles. The molecule has 22 heavy (non-hydrogen) atoms. The third kappa shape index (κ3) is 5.97. The van der Waals surface area contributed by atoms with Crippen molar-refractivity contribution in [1.29, 1.82) is 0 Å². The molecule has 0 aliphatic carbocycles. The number of ether oxygens (including phenoxy) is 1. The molecule has 0 saturated carbocycles. The van der Waals surface area contributed by atoms with Gasteiger partial charge in [-0.25, -0.2) is 8.78 Å². The van der Waals surface area contributed by atoms with Crippen LogP contribution in [0.25, 0.3) is 0 Å². The van der Waals surface area contributed by atoms with Gasteiger partial charge < -0.3 is 10.1 Å². The second kappa shape index (κ2) is 8.68. The lowest BCUT2D eigenvalue weighted by molar-refractivity contribution is -0.123. The van der Waals surface area contributed by atoms with E-state index < -0.39 is 11.6 Å². The number of halogens is 2. The minimum absolute atomic E-state index is 0.137. The average Bonchev–Trinajstić information content (AvgIpc) is 2.41. The van der Waals surface area contributed by atoms with Gasteiger partial charge in [0.25, 0.3) is 5.91 Å². The molecule has 1 amide bonds. The maximum atomic E-state index is 13.3. The minimum atomic E-state index is -0.821. The largest absolute Gasteiger partial charge is 0.481 e. The van der Waals surface area contributed by atoms with Crippen LogP contribution in [0.1, 0.15) is 27.7 Å². The van der Waals surface area contributed by atoms with Crippen molar-refractivity contribution in [3.05, 3.63) is 29.8 Å². The number of carbonyl (C=O) groups excluding carboxylic acids is 1. The molecule has 6 heteroatoms. The first-order chi connectivity index (χ1) is 10.3. The van der Waals surface area contributed by atoms with E-state index in [9.17, 15) is 13.6 Å². The van der Waals surface area contributed by atoms with Crippen LogP contribution in [0.2, 0.25) is 0 Å². The molecule has 0 radical (unpaired) electrons. The van der Waals surface area contributed by atoms with Gasteiger partial charge in [-0.05, 0) is 39.8 Å². The van der Waals surface area contributed by atoms with Crippen molar-refractivity contribution in [2.75, 3.05) is 19.7 Å². The summed E-state index contributed by atoms with van der Waals surface area (Å²) in [5.74, 6) is -1.98. The van der Waals surface area contributed by atoms with E-state index in [1.807, 2.05) is 0 Å². The Labute approximate surface area is 130 Å². The SMILES string of the molecule is CC(C)N(CCNC(=O)COc1ccc(F)cc1F)C(C)C. The Bertz CT molecular complexity index is 485. The highest BCUT2D eigenvalue weighted by molar-refractivity contribution is 5.77. The highest BCUT2D eigenvalue weighted by atomic mass is 19.1. The van der Waals surface area contributed by atoms with Gasteiger partial charge in [0.2, 0.25) is 0 Å². The van der Waals surface area contributed by atoms with Gasteiger partial charge in [0.05, 0.1) is 0 Å². The monoisotopic (exact) mass is 314 g/mol. The number of hydrogen-bond acceptors (Lipinski definition) is 3. The van der Waals surface area contributed by atoms with Gasteiger partial charge in [-0.3, -0.25) is 9.69 Å². The maximum absolute atomic E-state index is 13.3. The summed E-state index contributed by atoms with van der Waals surface area (Å²) in [7, 11) is 0. The molecule has 1 N–H and O–H groups in total. The number of amides is 1. The van der Waals surface area contributed by atoms with E-state index >= 15 is 0 Å². The minimum Gasteiger partial charge on any atom is -0.481 e. The first kappa shape index (κ1) is 18.4. The lowest BCUT2D eigenvalue weighted by Crippen LogP contribution is -2.43. The third-order valence-electron chi connectivity index (χ3n) is 3.27. The van der Waals surface area contributed by atoms with Crippen molar-refractivity contribution in [2.45, 2.75) is 39.8 Å². The van der Waals surface area contributed by atoms with Crippen LogP contribution < -0.4 is 10.1 Å². The Morgan fingerprint density at radius 1 is 1.23 bits per heavy atom. The van der Waals surface area contributed by atoms with E-state index in [-0.39, 0.29) is 18.3 Å². The zero-order chi connectivity index (χ0) is 16.7. The van der Waals surface area contributed by atoms with E-state index in [2.05, 4.69) is 37.9 Å². The molecule has 1 aromatic rings. The molecule has 0 bridgehead atoms. The summed E-state index contributed by atoms with van der Waals surface area (Å²) < 4.78 is 31.1. The van der Waals surface area contributed by atoms with Crippen LogP contribution in [0.15, 0.2) is 18.2 Å². The van der Waals surface area contributed by atoms with Crippen LogP contribution in [0.3, 0.4) is 0 Å². The van der Waals surface area contributed by atoms with Gasteiger partial charge in [0.15, 0.2) is 18.2 Å². The first-order valence-corrected chi connectivity index (χ1v) is 7.41. The van der Waals surface area contributed by atoms with Crippen molar-refractivity contribution in [3.8, 4) is 5.75 Å². The zero-order valence-electron chi connectivity index (χ0n) is 13.5. The summed E-state index contributed by atoms with van der Waals surface area (Å²) in [5, 5.41) is 2.72. The van der Waals surface area contributed by atoms with Crippen molar-refractivity contribution in [3.63, 3.8) is 0 Å². The summed E-state index contributed by atoms with van der Waals surface area (Å²) >= 11 is 0. The van der Waals surface area contributed by atoms with E-state index in [4.69, 9.17) is 4.74 Å². The fourth-order valence-electron chi connectivity index (χ4n) is 2.22. The molecule has 1 rings (SSSR count). The van der Waals surface area contributed by atoms with Crippen LogP contribution in [0.5, 0.6) is 5.75 Å². The highest BCUT2D eigenvalue weighted by Gasteiger charge is 2.13. The molecule has 1 aromatic carbocycles. The topological polar surface area (TPSA) is 41.6 Å². The van der Waals surface area contributed by atoms with Gasteiger partial charge in [0.1, 0.15) is 5.82 Å². The Morgan fingerprint density at radius 2 is 1.86 bits per heavy atom. The molecule has 0 aromatic heterocycles. The summed E-state index contributed by atoms with van der Waals surface area (Å²) in [6, 6.07) is 3.75. The highest BCUT2D eigenvalue weighted by Crippen LogP contribution is 2.17. The predicted molar refractivity (Wildman–Crippen MR) is 81.8 cm³/mol. The lowest BCUT2D eigenvalue weighted by atomic mass is 10.2. The molecule has 0 fully saturated rings. The van der Waals surface area contributed by atoms with Crippen LogP contribution in [-0.2, 0) is 4.79 Å². The quantitative estimate of drug-likeness (QED) is 0.802. The summed E-state index contributed by atoms with van der Waals surface area (Å²) in [4.78, 5) is 13.9. The van der Waals surface area contributed by atoms with Gasteiger partial charge in [0, 0.05) is 31.2 Å². The van der Waals surface area contributed by atoms with Crippen molar-refractivity contribution in [1.82, 2.24) is 10.2 Å². The summed E-state index contributed by atoms with van der Waals surface area (Å²) in [6.45, 7) is 9.32. The summed E-state index contributed by atoms with van der Waals surface area (Å²) in [5.41, 5.74) is 0. The van der Waals surface area contributed by atoms with E-state index in [1.165, 1.54) is 0 Å². The summed E-state index contributed by atoms with van der Waals surface area (Å²) in [6.07, 6.45) is 0. The Morgan fingerprint density at radius 3 is 2.41 bits per heavy atom. The average molecular weight is 314 g/mol. The van der Waals surface area contributed by atoms with E-state index in [0.29, 0.717) is 18.6 Å². The van der Waals surface area contributed by atoms with Crippen LogP contribution in [0, 0.1) is 11.6 Å². The lowest BCUT2D eigenvalue weighted by Gasteiger charge is -2.30. The van der Waals surface area contributed by atoms with Gasteiger partial charge in [-0.2, -0.15) is 0 Å². The van der Waals surface area contributed by atoms with Crippen molar-refractivity contribution < 1.29 is 18.3 Å². The van der Waals surface area contributed by atoms with Crippen molar-refractivity contribution >= 4 is 5.91 Å². The fourth-order valence-corrected chi connectivity index (χ4v) is 2.22. The molecule has 0 aliphatic rings. The molecule has 0 heterocycles. The standard InChI is InChI=1S/C16H24F2N2O2/c1-11(2)20(12(3)4)8-7-19-16(21)10-22-15-6-5-13(17)9-14(15)18/h5-6,9,11-12H,7-8,10H2,1-4H3,(H,19,21). The zero-order valence-corrected chi connectivity index (χ0v) is 13.5. The molecule has 0 saturated heterocycles. The molecule has 124 valence electrons. The maximum Gasteiger partial charge on any atom is 0.257 e. The molecule has 0 atom stereocenters. The molecular weight excluding hydrogens is 290 g/mol. The number of nitrogens with zero attached hydrogens (tertiary/aromatic N) is 1. The number of hydrogen-bond donors (Lipinski definition) is 1. The van der Waals surface area contributed by atoms with Crippen LogP contribution >= 0.6 is 0 Å². The van der Waals surface area contributed by atoms with Gasteiger partial charge in [-0.15, -0.1) is 0 Å². The molecular formula is C16H24F2N2O2. The number of rotatable bonds is 8. The molecule has 0 spiro atoms. The number of carbonyl (C=O) groups is 1. The number of nitrogens with one attached hydrogen (secondary N) is 1. The van der Waals surface area contributed by atoms with Crippen LogP contribution in [0.4, 0.5) is 8.78 Å². The molecule has 0 unspecified atom stereocenters. The first-order valence-electron chi connectivity index (χ1n) is 7.41. The normalized spacial score (nSPS) is 11.3. The van der Waals surface area contributed by atoms with Gasteiger partial charge in [-0.1, -0.05) is 0 Å². The van der Waals surface area contributed by atoms with Crippen LogP contribution in [-0.4, -0.2) is 42.6 Å². The Hall–Kier alpha value is -1.69. The second-order valence-corrected chi connectivity index (χ2v) is 5.64. The second-order valence-electron chi connectivity index (χ2n) is 5.64.